The number of anilines is 2. The summed E-state index contributed by atoms with van der Waals surface area (Å²) in [6.07, 6.45) is 5.80. The number of nitrogens with zero attached hydrogens (tertiary/aromatic N) is 5. The fraction of sp³-hybridized carbons (Fsp3) is 0.290. The number of halogens is 1. The van der Waals surface area contributed by atoms with E-state index in [9.17, 15) is 19.2 Å². The lowest BCUT2D eigenvalue weighted by atomic mass is 9.97. The monoisotopic (exact) mass is 661 g/mol. The molecule has 0 spiro atoms. The zero-order chi connectivity index (χ0) is 33.3. The number of tetrazole rings is 1. The number of rotatable bonds is 7. The summed E-state index contributed by atoms with van der Waals surface area (Å²) >= 11 is 6.22. The molecule has 5 rings (SSSR count). The molecule has 1 aliphatic rings. The lowest BCUT2D eigenvalue weighted by Crippen LogP contribution is -2.33. The highest BCUT2D eigenvalue weighted by Gasteiger charge is 2.25. The van der Waals surface area contributed by atoms with Crippen molar-refractivity contribution in [3.05, 3.63) is 81.5 Å². The number of fused-ring (bicyclic) bond motifs is 4. The smallest absolute Gasteiger partial charge is 0.411 e. The Labute approximate surface area is 273 Å². The summed E-state index contributed by atoms with van der Waals surface area (Å²) in [5, 5.41) is 27.3. The first-order valence-corrected chi connectivity index (χ1v) is 15.2. The van der Waals surface area contributed by atoms with E-state index < -0.39 is 35.6 Å². The van der Waals surface area contributed by atoms with Crippen molar-refractivity contribution in [2.24, 2.45) is 0 Å². The van der Waals surface area contributed by atoms with Gasteiger partial charge in [0.2, 0.25) is 5.91 Å². The third kappa shape index (κ3) is 8.18. The fourth-order valence-corrected chi connectivity index (χ4v) is 5.32. The zero-order valence-corrected chi connectivity index (χ0v) is 26.3. The third-order valence-corrected chi connectivity index (χ3v) is 7.61. The Morgan fingerprint density at radius 1 is 1.11 bits per heavy atom. The number of carbonyl (C=O) groups is 3. The number of carbonyl (C=O) groups excluding carboxylic acids is 3. The van der Waals surface area contributed by atoms with Gasteiger partial charge in [-0.1, -0.05) is 30.5 Å². The Morgan fingerprint density at radius 3 is 2.70 bits per heavy atom. The van der Waals surface area contributed by atoms with Gasteiger partial charge < -0.3 is 20.1 Å². The van der Waals surface area contributed by atoms with Crippen molar-refractivity contribution < 1.29 is 23.9 Å². The van der Waals surface area contributed by atoms with Crippen LogP contribution in [0.15, 0.2) is 59.7 Å². The van der Waals surface area contributed by atoms with Gasteiger partial charge in [0.25, 0.3) is 5.56 Å². The lowest BCUT2D eigenvalue weighted by Gasteiger charge is -2.23. The topological polar surface area (TPSA) is 195 Å². The van der Waals surface area contributed by atoms with E-state index in [2.05, 4.69) is 41.7 Å². The predicted molar refractivity (Wildman–Crippen MR) is 173 cm³/mol. The van der Waals surface area contributed by atoms with Gasteiger partial charge in [-0.2, -0.15) is 9.78 Å². The van der Waals surface area contributed by atoms with Crippen LogP contribution in [0, 0.1) is 0 Å². The number of benzene rings is 2. The summed E-state index contributed by atoms with van der Waals surface area (Å²) in [4.78, 5) is 51.3. The molecular formula is C31H32ClN9O6. The van der Waals surface area contributed by atoms with Crippen molar-refractivity contribution in [3.8, 4) is 16.8 Å². The largest absolute Gasteiger partial charge is 0.464 e. The number of aromatic nitrogens is 6. The molecule has 47 heavy (non-hydrogen) atoms. The molecule has 0 aliphatic carbocycles. The minimum Gasteiger partial charge on any atom is -0.464 e. The molecule has 244 valence electrons. The number of esters is 1. The molecule has 2 amide bonds. The molecule has 4 aromatic rings. The van der Waals surface area contributed by atoms with E-state index in [0.29, 0.717) is 64.6 Å². The molecule has 2 aromatic carbocycles. The van der Waals surface area contributed by atoms with E-state index in [1.54, 1.807) is 55.5 Å². The average Bonchev–Trinajstić information content (AvgIpc) is 3.60. The molecule has 2 aromatic heterocycles. The Hall–Kier alpha value is -5.57. The van der Waals surface area contributed by atoms with Crippen LogP contribution in [0.25, 0.3) is 22.9 Å². The number of methoxy groups -OCH3 is 1. The summed E-state index contributed by atoms with van der Waals surface area (Å²) in [5.74, 6) is -0.868. The summed E-state index contributed by atoms with van der Waals surface area (Å²) in [5.41, 5.74) is 2.64. The average molecular weight is 662 g/mol. The van der Waals surface area contributed by atoms with Crippen molar-refractivity contribution in [2.45, 2.75) is 44.7 Å². The van der Waals surface area contributed by atoms with Gasteiger partial charge in [0, 0.05) is 33.6 Å². The normalized spacial score (nSPS) is 16.1. The molecule has 16 heteroatoms. The Balaban J connectivity index is 1.48. The SMILES string of the molecule is CCOC(=O)C1CCCCC(NC(=O)/C=C/c2cc(Cl)ccc2-n2cnnn2)c2cc(c(=O)[nH]n2)-c2ccc(NC(=O)OC)cc2N1. The third-order valence-electron chi connectivity index (χ3n) is 7.37. The van der Waals surface area contributed by atoms with Gasteiger partial charge in [0.15, 0.2) is 0 Å². The molecule has 3 heterocycles. The highest BCUT2D eigenvalue weighted by Crippen LogP contribution is 2.32. The number of aromatic amines is 1. The van der Waals surface area contributed by atoms with Crippen LogP contribution in [0.1, 0.15) is 49.9 Å². The minimum atomic E-state index is -0.745. The molecule has 0 saturated heterocycles. The maximum Gasteiger partial charge on any atom is 0.411 e. The van der Waals surface area contributed by atoms with Crippen LogP contribution in [0.2, 0.25) is 5.02 Å². The van der Waals surface area contributed by atoms with Crippen molar-refractivity contribution in [1.82, 2.24) is 35.7 Å². The first-order valence-electron chi connectivity index (χ1n) is 14.8. The molecule has 4 N–H and O–H groups in total. The lowest BCUT2D eigenvalue weighted by molar-refractivity contribution is -0.144. The van der Waals surface area contributed by atoms with Gasteiger partial charge in [-0.05, 0) is 72.7 Å². The van der Waals surface area contributed by atoms with Gasteiger partial charge in [-0.25, -0.2) is 14.7 Å². The Kier molecular flexibility index (Phi) is 10.6. The summed E-state index contributed by atoms with van der Waals surface area (Å²) in [7, 11) is 1.24. The number of hydrogen-bond acceptors (Lipinski definition) is 11. The van der Waals surface area contributed by atoms with Crippen LogP contribution in [-0.2, 0) is 19.1 Å². The standard InChI is InChI=1S/C31H32ClN9O6/c1-3-47-30(44)24-7-5-4-6-23(36-28(42)13-8-18-14-19(32)9-12-27(18)41-17-33-39-40-41)26-16-22(29(43)38-37-26)21-11-10-20(15-25(21)35-24)34-31(45)46-2/h8-17,23-24,35H,3-7H2,1-2H3,(H,34,45)(H,36,42)(H,38,43)/b13-8+. The Morgan fingerprint density at radius 2 is 1.94 bits per heavy atom. The van der Waals surface area contributed by atoms with Gasteiger partial charge in [0.1, 0.15) is 12.4 Å². The molecule has 0 radical (unpaired) electrons. The van der Waals surface area contributed by atoms with Crippen LogP contribution in [0.5, 0.6) is 0 Å². The van der Waals surface area contributed by atoms with Gasteiger partial charge in [-0.3, -0.25) is 14.9 Å². The second-order valence-electron chi connectivity index (χ2n) is 10.5. The van der Waals surface area contributed by atoms with E-state index in [1.807, 2.05) is 0 Å². The van der Waals surface area contributed by atoms with E-state index in [4.69, 9.17) is 21.1 Å². The number of nitrogens with one attached hydrogen (secondary N) is 4. The first-order chi connectivity index (χ1) is 22.7. The van der Waals surface area contributed by atoms with E-state index in [-0.39, 0.29) is 12.2 Å². The predicted octanol–water partition coefficient (Wildman–Crippen LogP) is 4.03. The quantitative estimate of drug-likeness (QED) is 0.165. The van der Waals surface area contributed by atoms with Crippen molar-refractivity contribution >= 4 is 47.0 Å². The second-order valence-corrected chi connectivity index (χ2v) is 10.9. The fourth-order valence-electron chi connectivity index (χ4n) is 5.14. The molecule has 2 unspecified atom stereocenters. The summed E-state index contributed by atoms with van der Waals surface area (Å²) < 4.78 is 11.5. The van der Waals surface area contributed by atoms with E-state index in [0.717, 1.165) is 0 Å². The van der Waals surface area contributed by atoms with Crippen molar-refractivity contribution in [3.63, 3.8) is 0 Å². The molecule has 2 bridgehead atoms. The van der Waals surface area contributed by atoms with Gasteiger partial charge in [0.05, 0.1) is 36.7 Å². The molecule has 2 atom stereocenters. The van der Waals surface area contributed by atoms with E-state index >= 15 is 0 Å². The maximum atomic E-state index is 13.3. The summed E-state index contributed by atoms with van der Waals surface area (Å²) in [6, 6.07) is 10.2. The molecule has 15 nitrogen and oxygen atoms in total. The van der Waals surface area contributed by atoms with Gasteiger partial charge in [-0.15, -0.1) is 5.10 Å². The highest BCUT2D eigenvalue weighted by molar-refractivity contribution is 6.30. The van der Waals surface area contributed by atoms with Crippen LogP contribution in [0.3, 0.4) is 0 Å². The maximum absolute atomic E-state index is 13.3. The van der Waals surface area contributed by atoms with E-state index in [1.165, 1.54) is 24.2 Å². The number of amides is 2. The molecule has 0 fully saturated rings. The van der Waals surface area contributed by atoms with Crippen molar-refractivity contribution in [2.75, 3.05) is 24.4 Å². The molecule has 0 saturated carbocycles. The number of H-pyrrole nitrogens is 1. The highest BCUT2D eigenvalue weighted by atomic mass is 35.5. The summed E-state index contributed by atoms with van der Waals surface area (Å²) in [6.45, 7) is 1.91. The zero-order valence-electron chi connectivity index (χ0n) is 25.5. The second kappa shape index (κ2) is 15.1. The minimum absolute atomic E-state index is 0.190. The van der Waals surface area contributed by atoms with Crippen LogP contribution >= 0.6 is 11.6 Å². The van der Waals surface area contributed by atoms with Crippen LogP contribution in [-0.4, -0.2) is 68.1 Å². The number of ether oxygens (including phenoxy) is 2. The van der Waals surface area contributed by atoms with Gasteiger partial charge >= 0.3 is 12.1 Å². The molecule has 1 aliphatic heterocycles. The van der Waals surface area contributed by atoms with Crippen molar-refractivity contribution in [1.29, 1.82) is 0 Å². The Bertz CT molecular complexity index is 1840. The number of hydrogen-bond donors (Lipinski definition) is 4. The van der Waals surface area contributed by atoms with Crippen LogP contribution < -0.4 is 21.5 Å². The first kappa shape index (κ1) is 32.8. The van der Waals surface area contributed by atoms with Crippen LogP contribution in [0.4, 0.5) is 16.2 Å². The molecular weight excluding hydrogens is 630 g/mol.